The maximum absolute atomic E-state index is 15.0. The number of esters is 1. The molecule has 6 rings (SSSR count). The highest BCUT2D eigenvalue weighted by molar-refractivity contribution is 9.11. The lowest BCUT2D eigenvalue weighted by atomic mass is 9.74. The number of allylic oxidation sites excluding steroid dienone is 1. The Hall–Kier alpha value is -3.84. The number of carbonyl (C=O) groups excluding carboxylic acids is 4. The molecule has 2 N–H and O–H groups in total. The van der Waals surface area contributed by atoms with Crippen LogP contribution >= 0.6 is 15.9 Å². The highest BCUT2D eigenvalue weighted by atomic mass is 79.9. The standard InChI is InChI=1S/C39H46BrN3O8/c1-3-4-13-20-42-21-14-7-12-19-30(45)41-28(24-49-2)33(26-17-10-6-11-18-26)50-38(48)31-32-36(46)43(29(23-44)25-15-8-5-9-16-25)35(37(42)47)39(32)22-27(40)34(31)51-39/h5-11,14-18,22,28-29,31-35,44H,3-4,12-13,19-21,23-24H2,1-2H3,(H,41,45)/b14-7-/t28-,29+,31+,32-,33-,34+,35+,39-/m0/s1. The number of hydrogen-bond acceptors (Lipinski definition) is 8. The molecule has 2 saturated heterocycles. The minimum absolute atomic E-state index is 0.0568. The van der Waals surface area contributed by atoms with Crippen molar-refractivity contribution in [1.82, 2.24) is 15.1 Å². The van der Waals surface area contributed by atoms with E-state index in [9.17, 15) is 19.5 Å². The summed E-state index contributed by atoms with van der Waals surface area (Å²) in [6.45, 7) is 2.38. The van der Waals surface area contributed by atoms with Gasteiger partial charge in [0.25, 0.3) is 0 Å². The molecule has 8 atom stereocenters. The number of benzene rings is 2. The summed E-state index contributed by atoms with van der Waals surface area (Å²) < 4.78 is 19.1. The molecule has 0 aliphatic carbocycles. The van der Waals surface area contributed by atoms with Crippen molar-refractivity contribution >= 4 is 39.6 Å². The highest BCUT2D eigenvalue weighted by Crippen LogP contribution is 2.60. The molecule has 4 aliphatic heterocycles. The van der Waals surface area contributed by atoms with Crippen molar-refractivity contribution in [3.8, 4) is 0 Å². The number of carbonyl (C=O) groups is 4. The van der Waals surface area contributed by atoms with E-state index in [0.29, 0.717) is 28.6 Å². The fraction of sp³-hybridized carbons (Fsp3) is 0.487. The molecule has 2 aromatic rings. The van der Waals surface area contributed by atoms with Gasteiger partial charge in [0.1, 0.15) is 29.8 Å². The maximum atomic E-state index is 15.0. The van der Waals surface area contributed by atoms with E-state index in [1.807, 2.05) is 72.8 Å². The molecule has 0 unspecified atom stereocenters. The molecule has 11 nitrogen and oxygen atoms in total. The van der Waals surface area contributed by atoms with E-state index in [-0.39, 0.29) is 31.4 Å². The van der Waals surface area contributed by atoms with Crippen molar-refractivity contribution in [2.75, 3.05) is 33.4 Å². The smallest absolute Gasteiger partial charge is 0.313 e. The number of halogens is 1. The van der Waals surface area contributed by atoms with Crippen LogP contribution < -0.4 is 5.32 Å². The largest absolute Gasteiger partial charge is 0.455 e. The fourth-order valence-electron chi connectivity index (χ4n) is 8.01. The molecule has 0 aromatic heterocycles. The normalized spacial score (nSPS) is 30.9. The number of nitrogens with zero attached hydrogens (tertiary/aromatic N) is 2. The summed E-state index contributed by atoms with van der Waals surface area (Å²) in [6, 6.07) is 15.4. The third kappa shape index (κ3) is 7.16. The average molecular weight is 765 g/mol. The van der Waals surface area contributed by atoms with Crippen LogP contribution in [0, 0.1) is 11.8 Å². The van der Waals surface area contributed by atoms with Crippen LogP contribution in [-0.4, -0.2) is 95.8 Å². The quantitative estimate of drug-likeness (QED) is 0.207. The van der Waals surface area contributed by atoms with E-state index >= 15 is 4.79 Å². The molecular weight excluding hydrogens is 718 g/mol. The van der Waals surface area contributed by atoms with Gasteiger partial charge < -0.3 is 34.4 Å². The monoisotopic (exact) mass is 763 g/mol. The van der Waals surface area contributed by atoms with Gasteiger partial charge in [0.15, 0.2) is 0 Å². The van der Waals surface area contributed by atoms with Crippen LogP contribution in [0.15, 0.2) is 83.4 Å². The number of fused-ring (bicyclic) bond motifs is 2. The summed E-state index contributed by atoms with van der Waals surface area (Å²) in [5, 5.41) is 13.9. The number of hydrogen-bond donors (Lipinski definition) is 2. The van der Waals surface area contributed by atoms with Crippen molar-refractivity contribution in [2.45, 2.75) is 75.0 Å². The Morgan fingerprint density at radius 2 is 1.73 bits per heavy atom. The topological polar surface area (TPSA) is 135 Å². The van der Waals surface area contributed by atoms with Gasteiger partial charge in [-0.05, 0) is 30.0 Å². The first-order valence-electron chi connectivity index (χ1n) is 17.8. The molecule has 272 valence electrons. The Bertz CT molecular complexity index is 1640. The number of amides is 3. The van der Waals surface area contributed by atoms with Crippen LogP contribution in [0.5, 0.6) is 0 Å². The van der Waals surface area contributed by atoms with Crippen LogP contribution in [0.4, 0.5) is 0 Å². The molecule has 2 aromatic carbocycles. The molecule has 51 heavy (non-hydrogen) atoms. The number of ether oxygens (including phenoxy) is 3. The van der Waals surface area contributed by atoms with Gasteiger partial charge >= 0.3 is 5.97 Å². The lowest BCUT2D eigenvalue weighted by molar-refractivity contribution is -0.163. The minimum atomic E-state index is -1.51. The molecule has 2 fully saturated rings. The number of nitrogens with one attached hydrogen (secondary N) is 1. The number of likely N-dealkylation sites (tertiary alicyclic amines) is 1. The van der Waals surface area contributed by atoms with E-state index in [1.165, 1.54) is 12.0 Å². The van der Waals surface area contributed by atoms with Crippen molar-refractivity contribution < 1.29 is 38.5 Å². The van der Waals surface area contributed by atoms with Crippen molar-refractivity contribution in [3.05, 3.63) is 94.5 Å². The third-order valence-electron chi connectivity index (χ3n) is 10.4. The van der Waals surface area contributed by atoms with Crippen LogP contribution in [0.2, 0.25) is 0 Å². The summed E-state index contributed by atoms with van der Waals surface area (Å²) in [7, 11) is 1.51. The van der Waals surface area contributed by atoms with Gasteiger partial charge in [0, 0.05) is 31.1 Å². The Morgan fingerprint density at radius 3 is 2.41 bits per heavy atom. The predicted molar refractivity (Wildman–Crippen MR) is 192 cm³/mol. The zero-order chi connectivity index (χ0) is 36.1. The lowest BCUT2D eigenvalue weighted by Gasteiger charge is -2.39. The predicted octanol–water partition coefficient (Wildman–Crippen LogP) is 4.38. The number of rotatable bonds is 10. The van der Waals surface area contributed by atoms with Crippen LogP contribution in [0.3, 0.4) is 0 Å². The SMILES string of the molecule is CCCCCN1C/C=C\CCC(=O)N[C@@H](COC)[C@H](c2ccccc2)OC(=O)[C@H]2[C@@H]3O[C@@]4(C=C3Br)[C@@H]2C(=O)N([C@H](CO)c2ccccc2)[C@@H]4C1=O. The number of methoxy groups -OCH3 is 1. The molecule has 0 radical (unpaired) electrons. The number of cyclic esters (lactones) is 1. The van der Waals surface area contributed by atoms with Gasteiger partial charge in [-0.1, -0.05) is 109 Å². The van der Waals surface area contributed by atoms with Gasteiger partial charge in [0.05, 0.1) is 31.2 Å². The van der Waals surface area contributed by atoms with Crippen LogP contribution in [0.1, 0.15) is 62.3 Å². The van der Waals surface area contributed by atoms with Gasteiger partial charge in [-0.3, -0.25) is 19.2 Å². The molecule has 12 heteroatoms. The van der Waals surface area contributed by atoms with Gasteiger partial charge in [-0.15, -0.1) is 0 Å². The summed E-state index contributed by atoms with van der Waals surface area (Å²) in [4.78, 5) is 61.0. The summed E-state index contributed by atoms with van der Waals surface area (Å²) in [5.74, 6) is -3.99. The van der Waals surface area contributed by atoms with Crippen molar-refractivity contribution in [1.29, 1.82) is 0 Å². The Balaban J connectivity index is 1.49. The lowest BCUT2D eigenvalue weighted by Crippen LogP contribution is -2.57. The van der Waals surface area contributed by atoms with E-state index in [0.717, 1.165) is 19.3 Å². The third-order valence-corrected chi connectivity index (χ3v) is 11.0. The maximum Gasteiger partial charge on any atom is 0.313 e. The zero-order valence-corrected chi connectivity index (χ0v) is 30.6. The fourth-order valence-corrected chi connectivity index (χ4v) is 8.75. The molecule has 1 spiro atoms. The molecule has 0 saturated carbocycles. The molecule has 4 aliphatic rings. The second-order valence-corrected chi connectivity index (χ2v) is 14.5. The van der Waals surface area contributed by atoms with Crippen molar-refractivity contribution in [2.24, 2.45) is 11.8 Å². The molecule has 5 bridgehead atoms. The minimum Gasteiger partial charge on any atom is -0.455 e. The number of aliphatic hydroxyl groups excluding tert-OH is 1. The van der Waals surface area contributed by atoms with Gasteiger partial charge in [0.2, 0.25) is 17.7 Å². The number of aliphatic hydroxyl groups is 1. The molecule has 4 heterocycles. The van der Waals surface area contributed by atoms with Crippen LogP contribution in [-0.2, 0) is 33.4 Å². The van der Waals surface area contributed by atoms with Gasteiger partial charge in [-0.2, -0.15) is 0 Å². The van der Waals surface area contributed by atoms with E-state index < -0.39 is 66.3 Å². The highest BCUT2D eigenvalue weighted by Gasteiger charge is 2.75. The summed E-state index contributed by atoms with van der Waals surface area (Å²) in [6.07, 6.45) is 6.87. The second kappa shape index (κ2) is 16.2. The van der Waals surface area contributed by atoms with Crippen molar-refractivity contribution in [3.63, 3.8) is 0 Å². The Morgan fingerprint density at radius 1 is 1.00 bits per heavy atom. The first-order chi connectivity index (χ1) is 24.7. The van der Waals surface area contributed by atoms with E-state index in [1.54, 1.807) is 11.0 Å². The Kier molecular flexibility index (Phi) is 11.8. The average Bonchev–Trinajstić information content (AvgIpc) is 3.73. The Labute approximate surface area is 307 Å². The summed E-state index contributed by atoms with van der Waals surface area (Å²) >= 11 is 3.62. The molecule has 3 amide bonds. The van der Waals surface area contributed by atoms with E-state index in [2.05, 4.69) is 28.2 Å². The van der Waals surface area contributed by atoms with Crippen LogP contribution in [0.25, 0.3) is 0 Å². The second-order valence-electron chi connectivity index (χ2n) is 13.6. The first kappa shape index (κ1) is 36.9. The summed E-state index contributed by atoms with van der Waals surface area (Å²) in [5.41, 5.74) is -0.216. The molecular formula is C39H46BrN3O8. The zero-order valence-electron chi connectivity index (χ0n) is 29.0. The van der Waals surface area contributed by atoms with E-state index in [4.69, 9.17) is 14.2 Å². The number of unbranched alkanes of at least 4 members (excludes halogenated alkanes) is 2. The van der Waals surface area contributed by atoms with Gasteiger partial charge in [-0.25, -0.2) is 0 Å². The first-order valence-corrected chi connectivity index (χ1v) is 18.6.